The van der Waals surface area contributed by atoms with E-state index in [2.05, 4.69) is 34.2 Å². The molecule has 0 radical (unpaired) electrons. The van der Waals surface area contributed by atoms with Crippen molar-refractivity contribution in [3.8, 4) is 0 Å². The van der Waals surface area contributed by atoms with E-state index in [1.165, 1.54) is 11.1 Å². The minimum atomic E-state index is -0.00479. The van der Waals surface area contributed by atoms with Gasteiger partial charge in [0.1, 0.15) is 5.82 Å². The van der Waals surface area contributed by atoms with Gasteiger partial charge in [-0.3, -0.25) is 0 Å². The third-order valence-corrected chi connectivity index (χ3v) is 3.94. The van der Waals surface area contributed by atoms with E-state index in [1.54, 1.807) is 0 Å². The van der Waals surface area contributed by atoms with Crippen molar-refractivity contribution in [2.24, 2.45) is 5.73 Å². The van der Waals surface area contributed by atoms with Gasteiger partial charge in [0.15, 0.2) is 0 Å². The van der Waals surface area contributed by atoms with E-state index in [9.17, 15) is 0 Å². The summed E-state index contributed by atoms with van der Waals surface area (Å²) in [5.41, 5.74) is 10.8. The Balaban J connectivity index is 1.88. The topological polar surface area (TPSA) is 51.8 Å². The second-order valence-corrected chi connectivity index (χ2v) is 5.43. The van der Waals surface area contributed by atoms with Crippen LogP contribution in [0.4, 0.5) is 0 Å². The number of aromatic nitrogens is 2. The lowest BCUT2D eigenvalue weighted by atomic mass is 10.0. The highest BCUT2D eigenvalue weighted by Crippen LogP contribution is 2.32. The van der Waals surface area contributed by atoms with Gasteiger partial charge in [-0.2, -0.15) is 0 Å². The van der Waals surface area contributed by atoms with E-state index in [1.807, 2.05) is 20.0 Å². The zero-order valence-corrected chi connectivity index (χ0v) is 11.4. The molecular weight excluding hydrogens is 234 g/mol. The molecule has 0 saturated heterocycles. The first-order valence-corrected chi connectivity index (χ1v) is 6.81. The molecule has 0 aliphatic heterocycles. The monoisotopic (exact) mass is 253 g/mol. The summed E-state index contributed by atoms with van der Waals surface area (Å²) in [5, 5.41) is 0. The minimum absolute atomic E-state index is 0.00479. The Morgan fingerprint density at radius 2 is 1.84 bits per heavy atom. The normalized spacial score (nSPS) is 16.4. The lowest BCUT2D eigenvalue weighted by Crippen LogP contribution is -2.12. The first-order valence-electron chi connectivity index (χ1n) is 6.81. The van der Waals surface area contributed by atoms with E-state index in [0.29, 0.717) is 5.92 Å². The highest BCUT2D eigenvalue weighted by atomic mass is 14.9. The van der Waals surface area contributed by atoms with Crippen molar-refractivity contribution in [2.45, 2.75) is 38.6 Å². The fraction of sp³-hybridized carbons (Fsp3) is 0.375. The Morgan fingerprint density at radius 1 is 1.21 bits per heavy atom. The molecule has 1 aliphatic rings. The molecule has 0 fully saturated rings. The summed E-state index contributed by atoms with van der Waals surface area (Å²) in [5.74, 6) is 1.37. The quantitative estimate of drug-likeness (QED) is 0.895. The van der Waals surface area contributed by atoms with Crippen LogP contribution in [0, 0.1) is 6.92 Å². The second-order valence-electron chi connectivity index (χ2n) is 5.43. The maximum atomic E-state index is 5.91. The van der Waals surface area contributed by atoms with Gasteiger partial charge in [-0.05, 0) is 37.8 Å². The van der Waals surface area contributed by atoms with Gasteiger partial charge in [-0.15, -0.1) is 0 Å². The molecule has 0 unspecified atom stereocenters. The zero-order valence-electron chi connectivity index (χ0n) is 11.4. The Kier molecular flexibility index (Phi) is 3.07. The number of fused-ring (bicyclic) bond motifs is 1. The van der Waals surface area contributed by atoms with Crippen LogP contribution in [0.3, 0.4) is 0 Å². The van der Waals surface area contributed by atoms with Gasteiger partial charge >= 0.3 is 0 Å². The van der Waals surface area contributed by atoms with Crippen molar-refractivity contribution in [2.75, 3.05) is 0 Å². The van der Waals surface area contributed by atoms with Gasteiger partial charge in [0.05, 0.1) is 0 Å². The molecule has 0 spiro atoms. The summed E-state index contributed by atoms with van der Waals surface area (Å²) in [7, 11) is 0. The number of benzene rings is 1. The Hall–Kier alpha value is -1.74. The van der Waals surface area contributed by atoms with Crippen LogP contribution >= 0.6 is 0 Å². The summed E-state index contributed by atoms with van der Waals surface area (Å²) in [4.78, 5) is 9.20. The van der Waals surface area contributed by atoms with E-state index >= 15 is 0 Å². The van der Waals surface area contributed by atoms with Crippen LogP contribution in [0.5, 0.6) is 0 Å². The van der Waals surface area contributed by atoms with Crippen molar-refractivity contribution in [3.63, 3.8) is 0 Å². The highest BCUT2D eigenvalue weighted by Gasteiger charge is 2.25. The van der Waals surface area contributed by atoms with E-state index in [4.69, 9.17) is 5.73 Å². The molecule has 0 saturated carbocycles. The van der Waals surface area contributed by atoms with E-state index in [-0.39, 0.29) is 6.04 Å². The van der Waals surface area contributed by atoms with Crippen molar-refractivity contribution in [1.82, 2.24) is 9.97 Å². The highest BCUT2D eigenvalue weighted by molar-refractivity contribution is 5.35. The number of hydrogen-bond donors (Lipinski definition) is 1. The first-order chi connectivity index (χ1) is 9.15. The lowest BCUT2D eigenvalue weighted by molar-refractivity contribution is 0.667. The van der Waals surface area contributed by atoms with Crippen LogP contribution < -0.4 is 5.73 Å². The van der Waals surface area contributed by atoms with Gasteiger partial charge in [0, 0.05) is 29.4 Å². The molecular formula is C16H19N3. The third kappa shape index (κ3) is 2.26. The first kappa shape index (κ1) is 12.3. The number of rotatable bonds is 2. The van der Waals surface area contributed by atoms with Crippen LogP contribution in [-0.2, 0) is 12.8 Å². The maximum absolute atomic E-state index is 5.91. The number of hydrogen-bond acceptors (Lipinski definition) is 3. The lowest BCUT2D eigenvalue weighted by Gasteiger charge is -2.12. The predicted octanol–water partition coefficient (Wildman–Crippen LogP) is 2.69. The van der Waals surface area contributed by atoms with Gasteiger partial charge < -0.3 is 5.73 Å². The summed E-state index contributed by atoms with van der Waals surface area (Å²) >= 11 is 0. The molecule has 19 heavy (non-hydrogen) atoms. The Labute approximate surface area is 113 Å². The summed E-state index contributed by atoms with van der Waals surface area (Å²) in [6, 6.07) is 8.62. The molecule has 98 valence electrons. The standard InChI is InChI=1S/C16H19N3/c1-10(17)15-9-18-16(19-11(15)2)14-7-12-5-3-4-6-13(12)8-14/h3-6,9-10,14H,7-8,17H2,1-2H3/t10-/m1/s1. The second kappa shape index (κ2) is 4.74. The molecule has 3 rings (SSSR count). The largest absolute Gasteiger partial charge is 0.324 e. The fourth-order valence-electron chi connectivity index (χ4n) is 2.88. The maximum Gasteiger partial charge on any atom is 0.132 e. The fourth-order valence-corrected chi connectivity index (χ4v) is 2.88. The van der Waals surface area contributed by atoms with Crippen molar-refractivity contribution in [1.29, 1.82) is 0 Å². The van der Waals surface area contributed by atoms with E-state index < -0.39 is 0 Å². The molecule has 1 aliphatic carbocycles. The number of nitrogens with zero attached hydrogens (tertiary/aromatic N) is 2. The smallest absolute Gasteiger partial charge is 0.132 e. The molecule has 1 heterocycles. The van der Waals surface area contributed by atoms with Gasteiger partial charge in [0.2, 0.25) is 0 Å². The molecule has 0 amide bonds. The summed E-state index contributed by atoms with van der Waals surface area (Å²) < 4.78 is 0. The molecule has 1 aromatic heterocycles. The van der Waals surface area contributed by atoms with Crippen LogP contribution in [0.15, 0.2) is 30.5 Å². The SMILES string of the molecule is Cc1nc(C2Cc3ccccc3C2)ncc1[C@@H](C)N. The molecule has 1 atom stereocenters. The van der Waals surface area contributed by atoms with Gasteiger partial charge in [0.25, 0.3) is 0 Å². The van der Waals surface area contributed by atoms with Crippen LogP contribution in [0.25, 0.3) is 0 Å². The molecule has 3 heteroatoms. The summed E-state index contributed by atoms with van der Waals surface area (Å²) in [6.07, 6.45) is 3.99. The third-order valence-electron chi connectivity index (χ3n) is 3.94. The van der Waals surface area contributed by atoms with Gasteiger partial charge in [-0.1, -0.05) is 24.3 Å². The average Bonchev–Trinajstić information content (AvgIpc) is 2.81. The van der Waals surface area contributed by atoms with E-state index in [0.717, 1.165) is 29.9 Å². The van der Waals surface area contributed by atoms with Crippen LogP contribution in [0.1, 0.15) is 47.1 Å². The van der Waals surface area contributed by atoms with Crippen LogP contribution in [-0.4, -0.2) is 9.97 Å². The van der Waals surface area contributed by atoms with Crippen molar-refractivity contribution < 1.29 is 0 Å². The molecule has 1 aromatic carbocycles. The van der Waals surface area contributed by atoms with Crippen molar-refractivity contribution in [3.05, 3.63) is 58.7 Å². The summed E-state index contributed by atoms with van der Waals surface area (Å²) in [6.45, 7) is 3.99. The number of aryl methyl sites for hydroxylation is 1. The minimum Gasteiger partial charge on any atom is -0.324 e. The average molecular weight is 253 g/mol. The molecule has 2 N–H and O–H groups in total. The Morgan fingerprint density at radius 3 is 2.37 bits per heavy atom. The van der Waals surface area contributed by atoms with Crippen LogP contribution in [0.2, 0.25) is 0 Å². The molecule has 0 bridgehead atoms. The predicted molar refractivity (Wildman–Crippen MR) is 76.0 cm³/mol. The zero-order chi connectivity index (χ0) is 13.4. The molecule has 3 nitrogen and oxygen atoms in total. The molecule has 2 aromatic rings. The van der Waals surface area contributed by atoms with Gasteiger partial charge in [-0.25, -0.2) is 9.97 Å². The Bertz CT molecular complexity index is 580. The number of nitrogens with two attached hydrogens (primary N) is 1. The van der Waals surface area contributed by atoms with Crippen molar-refractivity contribution >= 4 is 0 Å².